The first kappa shape index (κ1) is 38.5. The molecule has 2 saturated heterocycles. The van der Waals surface area contributed by atoms with Gasteiger partial charge in [-0.3, -0.25) is 14.3 Å². The maximum Gasteiger partial charge on any atom is 0.264 e. The van der Waals surface area contributed by atoms with Crippen LogP contribution in [0.25, 0.3) is 16.5 Å². The number of fused-ring (bicyclic) bond motifs is 5. The summed E-state index contributed by atoms with van der Waals surface area (Å²) in [5.41, 5.74) is 6.08. The van der Waals surface area contributed by atoms with Crippen molar-refractivity contribution in [2.24, 2.45) is 0 Å². The molecule has 292 valence electrons. The van der Waals surface area contributed by atoms with E-state index in [4.69, 9.17) is 14.6 Å². The molecule has 12 heteroatoms. The minimum absolute atomic E-state index is 0.00789. The number of methoxy groups -OCH3 is 1. The van der Waals surface area contributed by atoms with E-state index in [0.29, 0.717) is 37.8 Å². The lowest BCUT2D eigenvalue weighted by molar-refractivity contribution is -0.0566. The first-order valence-electron chi connectivity index (χ1n) is 20.1. The molecule has 0 radical (unpaired) electrons. The lowest BCUT2D eigenvalue weighted by atomic mass is 9.81. The third-order valence-corrected chi connectivity index (χ3v) is 13.9. The molecule has 4 atom stereocenters. The maximum absolute atomic E-state index is 14.7. The number of piperidine rings is 1. The SMILES string of the molecule is CCn1ncc(C(=O)N2C3CCCC2COC3)c1/C1=C/CCC(OC)C=CC(C)c2c(C3CCCCC3)c3ccc(C(=O)NS(=O)(=O)C(C)C)cc3n2C1. The standard InChI is InChI=1S/C42H57N5O6S/c1-6-46-40(36(23-43-46)42(49)47-32-15-11-16-33(47)26-53-25-32)31-14-10-17-34(52-5)20-18-28(4)39-38(29-12-8-7-9-13-29)35-21-19-30(22-37(35)45(39)24-31)41(48)44-54(50,51)27(2)3/h14,18-23,27-29,32-34H,6-13,15-17,24-26H2,1-5H3,(H,44,48)/b20-18?,31-14+. The van der Waals surface area contributed by atoms with Crippen LogP contribution in [0.15, 0.2) is 42.6 Å². The Morgan fingerprint density at radius 1 is 1.02 bits per heavy atom. The Morgan fingerprint density at radius 3 is 2.44 bits per heavy atom. The van der Waals surface area contributed by atoms with Crippen LogP contribution in [0.3, 0.4) is 0 Å². The zero-order valence-electron chi connectivity index (χ0n) is 32.6. The number of carbonyl (C=O) groups is 2. The number of allylic oxidation sites excluding steroid dienone is 3. The van der Waals surface area contributed by atoms with Gasteiger partial charge in [0.05, 0.1) is 54.1 Å². The number of benzene rings is 1. The Kier molecular flexibility index (Phi) is 11.5. The van der Waals surface area contributed by atoms with Gasteiger partial charge in [0.1, 0.15) is 0 Å². The summed E-state index contributed by atoms with van der Waals surface area (Å²) in [5.74, 6) is -0.274. The number of sulfonamides is 1. The van der Waals surface area contributed by atoms with Crippen LogP contribution in [-0.4, -0.2) is 83.2 Å². The molecule has 1 N–H and O–H groups in total. The molecule has 4 aliphatic rings. The van der Waals surface area contributed by atoms with Gasteiger partial charge in [-0.15, -0.1) is 0 Å². The number of nitrogens with zero attached hydrogens (tertiary/aromatic N) is 4. The second-order valence-corrected chi connectivity index (χ2v) is 18.2. The van der Waals surface area contributed by atoms with Crippen LogP contribution in [0.2, 0.25) is 0 Å². The second-order valence-electron chi connectivity index (χ2n) is 15.9. The number of aryl methyl sites for hydroxylation is 1. The van der Waals surface area contributed by atoms with Gasteiger partial charge in [-0.2, -0.15) is 5.10 Å². The summed E-state index contributed by atoms with van der Waals surface area (Å²) >= 11 is 0. The van der Waals surface area contributed by atoms with Crippen molar-refractivity contribution >= 4 is 38.3 Å². The van der Waals surface area contributed by atoms with Crippen LogP contribution >= 0.6 is 0 Å². The van der Waals surface area contributed by atoms with Crippen LogP contribution < -0.4 is 4.72 Å². The normalized spacial score (nSPS) is 25.2. The smallest absolute Gasteiger partial charge is 0.264 e. The Bertz CT molecular complexity index is 2020. The molecule has 0 spiro atoms. The van der Waals surface area contributed by atoms with Crippen molar-refractivity contribution in [1.82, 2.24) is 24.0 Å². The van der Waals surface area contributed by atoms with Gasteiger partial charge in [0.2, 0.25) is 10.0 Å². The van der Waals surface area contributed by atoms with Gasteiger partial charge in [0.15, 0.2) is 0 Å². The largest absolute Gasteiger partial charge is 0.377 e. The van der Waals surface area contributed by atoms with Gasteiger partial charge < -0.3 is 18.9 Å². The molecular formula is C42H57N5O6S. The van der Waals surface area contributed by atoms with Crippen LogP contribution in [-0.2, 0) is 32.6 Å². The summed E-state index contributed by atoms with van der Waals surface area (Å²) in [7, 11) is -2.08. The van der Waals surface area contributed by atoms with Crippen molar-refractivity contribution in [2.75, 3.05) is 20.3 Å². The fourth-order valence-electron chi connectivity index (χ4n) is 9.25. The first-order valence-corrected chi connectivity index (χ1v) is 21.7. The molecule has 11 nitrogen and oxygen atoms in total. The third kappa shape index (κ3) is 7.45. The highest BCUT2D eigenvalue weighted by molar-refractivity contribution is 7.90. The Labute approximate surface area is 320 Å². The summed E-state index contributed by atoms with van der Waals surface area (Å²) in [6.45, 7) is 9.56. The quantitative estimate of drug-likeness (QED) is 0.239. The summed E-state index contributed by atoms with van der Waals surface area (Å²) < 4.78 is 44.0. The molecule has 7 rings (SSSR count). The molecule has 1 aromatic carbocycles. The minimum Gasteiger partial charge on any atom is -0.377 e. The van der Waals surface area contributed by atoms with E-state index in [9.17, 15) is 18.0 Å². The summed E-state index contributed by atoms with van der Waals surface area (Å²) in [4.78, 5) is 30.3. The van der Waals surface area contributed by atoms with E-state index in [1.54, 1.807) is 33.2 Å². The van der Waals surface area contributed by atoms with Crippen molar-refractivity contribution in [3.05, 3.63) is 70.7 Å². The van der Waals surface area contributed by atoms with E-state index in [0.717, 1.165) is 80.0 Å². The Hall–Kier alpha value is -3.74. The average molecular weight is 760 g/mol. The number of ether oxygens (including phenoxy) is 2. The van der Waals surface area contributed by atoms with Crippen LogP contribution in [0.1, 0.15) is 141 Å². The lowest BCUT2D eigenvalue weighted by Gasteiger charge is -2.45. The van der Waals surface area contributed by atoms with Gasteiger partial charge >= 0.3 is 0 Å². The van der Waals surface area contributed by atoms with Crippen molar-refractivity contribution in [3.63, 3.8) is 0 Å². The first-order chi connectivity index (χ1) is 26.0. The third-order valence-electron chi connectivity index (χ3n) is 12.2. The fraction of sp³-hybridized carbons (Fsp3) is 0.595. The van der Waals surface area contributed by atoms with Gasteiger partial charge in [-0.25, -0.2) is 13.1 Å². The van der Waals surface area contributed by atoms with Crippen LogP contribution in [0, 0.1) is 0 Å². The molecule has 54 heavy (non-hydrogen) atoms. The predicted molar refractivity (Wildman–Crippen MR) is 211 cm³/mol. The zero-order valence-corrected chi connectivity index (χ0v) is 33.4. The molecule has 5 heterocycles. The van der Waals surface area contributed by atoms with Crippen molar-refractivity contribution in [1.29, 1.82) is 0 Å². The fourth-order valence-corrected chi connectivity index (χ4v) is 9.86. The van der Waals surface area contributed by atoms with Crippen LogP contribution in [0.5, 0.6) is 0 Å². The van der Waals surface area contributed by atoms with E-state index >= 15 is 0 Å². The van der Waals surface area contributed by atoms with Gasteiger partial charge in [-0.05, 0) is 94.9 Å². The number of amides is 2. The van der Waals surface area contributed by atoms with Crippen molar-refractivity contribution in [2.45, 2.75) is 140 Å². The monoisotopic (exact) mass is 759 g/mol. The molecule has 3 aromatic rings. The van der Waals surface area contributed by atoms with E-state index in [-0.39, 0.29) is 35.6 Å². The topological polar surface area (TPSA) is 125 Å². The molecule has 2 aromatic heterocycles. The molecule has 4 unspecified atom stereocenters. The lowest BCUT2D eigenvalue weighted by Crippen LogP contribution is -2.57. The highest BCUT2D eigenvalue weighted by atomic mass is 32.2. The van der Waals surface area contributed by atoms with Crippen molar-refractivity contribution < 1.29 is 27.5 Å². The van der Waals surface area contributed by atoms with E-state index in [2.05, 4.69) is 46.3 Å². The van der Waals surface area contributed by atoms with Crippen molar-refractivity contribution in [3.8, 4) is 0 Å². The van der Waals surface area contributed by atoms with E-state index < -0.39 is 21.2 Å². The second kappa shape index (κ2) is 16.2. The summed E-state index contributed by atoms with van der Waals surface area (Å²) in [6.07, 6.45) is 18.5. The highest BCUT2D eigenvalue weighted by Crippen LogP contribution is 2.44. The van der Waals surface area contributed by atoms with Gasteiger partial charge in [0.25, 0.3) is 11.8 Å². The Morgan fingerprint density at radius 2 is 1.76 bits per heavy atom. The number of aromatic nitrogens is 3. The minimum atomic E-state index is -3.83. The summed E-state index contributed by atoms with van der Waals surface area (Å²) in [6, 6.07) is 5.75. The number of carbonyl (C=O) groups excluding carboxylic acids is 2. The molecule has 3 aliphatic heterocycles. The van der Waals surface area contributed by atoms with Crippen LogP contribution in [0.4, 0.5) is 0 Å². The number of rotatable bonds is 8. The molecule has 1 aliphatic carbocycles. The van der Waals surface area contributed by atoms with E-state index in [1.807, 2.05) is 16.8 Å². The average Bonchev–Trinajstić information content (AvgIpc) is 3.73. The highest BCUT2D eigenvalue weighted by Gasteiger charge is 2.40. The zero-order chi connectivity index (χ0) is 38.1. The predicted octanol–water partition coefficient (Wildman–Crippen LogP) is 7.32. The number of nitrogens with one attached hydrogen (secondary N) is 1. The molecule has 3 fully saturated rings. The number of hydrogen-bond donors (Lipinski definition) is 1. The van der Waals surface area contributed by atoms with Gasteiger partial charge in [-0.1, -0.05) is 50.5 Å². The maximum atomic E-state index is 14.7. The molecule has 2 amide bonds. The molecular weight excluding hydrogens is 703 g/mol. The number of morpholine rings is 1. The molecule has 1 saturated carbocycles. The molecule has 2 bridgehead atoms. The Balaban J connectivity index is 1.42. The summed E-state index contributed by atoms with van der Waals surface area (Å²) in [5, 5.41) is 5.14. The van der Waals surface area contributed by atoms with Gasteiger partial charge in [0, 0.05) is 48.3 Å². The van der Waals surface area contributed by atoms with E-state index in [1.165, 1.54) is 17.7 Å². The number of hydrogen-bond acceptors (Lipinski definition) is 7.